The summed E-state index contributed by atoms with van der Waals surface area (Å²) in [5.74, 6) is 2.68. The Bertz CT molecular complexity index is 466. The molecule has 118 valence electrons. The molecular weight excluding hydrogens is 381 g/mol. The predicted octanol–water partition coefficient (Wildman–Crippen LogP) is 2.39. The van der Waals surface area contributed by atoms with Crippen molar-refractivity contribution in [2.75, 3.05) is 19.7 Å². The average molecular weight is 405 g/mol. The highest BCUT2D eigenvalue weighted by atomic mass is 127. The van der Waals surface area contributed by atoms with E-state index in [1.54, 1.807) is 0 Å². The molecule has 0 bridgehead atoms. The molecule has 0 spiro atoms. The molecule has 1 unspecified atom stereocenters. The molecule has 21 heavy (non-hydrogen) atoms. The number of hydrogen-bond donors (Lipinski definition) is 2. The third kappa shape index (κ3) is 5.99. The minimum Gasteiger partial charge on any atom is -0.486 e. The number of hydrogen-bond acceptors (Lipinski definition) is 3. The molecule has 0 aliphatic carbocycles. The fourth-order valence-electron chi connectivity index (χ4n) is 1.90. The first-order valence-electron chi connectivity index (χ1n) is 7.07. The minimum atomic E-state index is -0.0876. The summed E-state index contributed by atoms with van der Waals surface area (Å²) < 4.78 is 11.4. The lowest BCUT2D eigenvalue weighted by atomic mass is 10.1. The Morgan fingerprint density at radius 2 is 2.10 bits per heavy atom. The van der Waals surface area contributed by atoms with Crippen LogP contribution in [0.1, 0.15) is 20.3 Å². The summed E-state index contributed by atoms with van der Waals surface area (Å²) in [6.07, 6.45) is 0.988. The number of guanidine groups is 1. The van der Waals surface area contributed by atoms with Crippen LogP contribution < -0.4 is 20.5 Å². The van der Waals surface area contributed by atoms with Crippen LogP contribution in [0, 0.1) is 5.92 Å². The second kappa shape index (κ2) is 8.96. The number of ether oxygens (including phenoxy) is 2. The molecule has 1 aliphatic heterocycles. The third-order valence-corrected chi connectivity index (χ3v) is 3.06. The highest BCUT2D eigenvalue weighted by Gasteiger charge is 2.19. The summed E-state index contributed by atoms with van der Waals surface area (Å²) in [6.45, 7) is 6.20. The van der Waals surface area contributed by atoms with Gasteiger partial charge in [0.05, 0.1) is 6.54 Å². The summed E-state index contributed by atoms with van der Waals surface area (Å²) in [7, 11) is 0. The van der Waals surface area contributed by atoms with E-state index >= 15 is 0 Å². The minimum absolute atomic E-state index is 0. The zero-order valence-electron chi connectivity index (χ0n) is 12.5. The molecule has 0 saturated carbocycles. The second-order valence-electron chi connectivity index (χ2n) is 5.33. The van der Waals surface area contributed by atoms with Crippen LogP contribution in [0.25, 0.3) is 0 Å². The lowest BCUT2D eigenvalue weighted by molar-refractivity contribution is 0.0971. The lowest BCUT2D eigenvalue weighted by Gasteiger charge is -2.25. The van der Waals surface area contributed by atoms with Gasteiger partial charge in [0, 0.05) is 6.54 Å². The molecule has 0 amide bonds. The Kier molecular flexibility index (Phi) is 7.63. The van der Waals surface area contributed by atoms with E-state index in [0.29, 0.717) is 25.0 Å². The number of nitrogens with two attached hydrogens (primary N) is 1. The Labute approximate surface area is 143 Å². The van der Waals surface area contributed by atoms with E-state index in [2.05, 4.69) is 24.2 Å². The molecule has 1 atom stereocenters. The zero-order valence-corrected chi connectivity index (χ0v) is 14.9. The van der Waals surface area contributed by atoms with Gasteiger partial charge in [-0.2, -0.15) is 0 Å². The maximum absolute atomic E-state index is 5.81. The van der Waals surface area contributed by atoms with Gasteiger partial charge in [-0.1, -0.05) is 26.0 Å². The number of nitrogens with zero attached hydrogens (tertiary/aromatic N) is 1. The number of benzene rings is 1. The highest BCUT2D eigenvalue weighted by molar-refractivity contribution is 14.0. The van der Waals surface area contributed by atoms with Crippen LogP contribution in [-0.2, 0) is 0 Å². The molecule has 0 radical (unpaired) electrons. The van der Waals surface area contributed by atoms with Gasteiger partial charge in [0.25, 0.3) is 0 Å². The SMILES string of the molecule is CC(C)CCNC(N)=NCC1COc2ccccc2O1.I. The van der Waals surface area contributed by atoms with Crippen LogP contribution in [0.2, 0.25) is 0 Å². The van der Waals surface area contributed by atoms with Crippen molar-refractivity contribution >= 4 is 29.9 Å². The number of aliphatic imine (C=N–C) groups is 1. The molecule has 0 saturated heterocycles. The summed E-state index contributed by atoms with van der Waals surface area (Å²) in [6, 6.07) is 7.65. The van der Waals surface area contributed by atoms with Crippen molar-refractivity contribution in [2.45, 2.75) is 26.4 Å². The van der Waals surface area contributed by atoms with E-state index in [0.717, 1.165) is 24.5 Å². The standard InChI is InChI=1S/C15H23N3O2.HI/c1-11(2)7-8-17-15(16)18-9-12-10-19-13-5-3-4-6-14(13)20-12;/h3-6,11-12H,7-10H2,1-2H3,(H3,16,17,18);1H. The molecule has 6 heteroatoms. The zero-order chi connectivity index (χ0) is 14.4. The van der Waals surface area contributed by atoms with Crippen LogP contribution in [0.5, 0.6) is 11.5 Å². The van der Waals surface area contributed by atoms with Gasteiger partial charge in [0.15, 0.2) is 23.6 Å². The van der Waals surface area contributed by atoms with E-state index < -0.39 is 0 Å². The first kappa shape index (κ1) is 17.9. The summed E-state index contributed by atoms with van der Waals surface area (Å²) in [5.41, 5.74) is 5.81. The number of para-hydroxylation sites is 2. The van der Waals surface area contributed by atoms with Gasteiger partial charge in [-0.15, -0.1) is 24.0 Å². The molecule has 5 nitrogen and oxygen atoms in total. The van der Waals surface area contributed by atoms with Crippen molar-refractivity contribution in [1.82, 2.24) is 5.32 Å². The Morgan fingerprint density at radius 1 is 1.38 bits per heavy atom. The van der Waals surface area contributed by atoms with Gasteiger partial charge >= 0.3 is 0 Å². The molecule has 1 aliphatic rings. The van der Waals surface area contributed by atoms with Crippen molar-refractivity contribution < 1.29 is 9.47 Å². The summed E-state index contributed by atoms with van der Waals surface area (Å²) in [4.78, 5) is 4.30. The van der Waals surface area contributed by atoms with Gasteiger partial charge in [-0.3, -0.25) is 0 Å². The average Bonchev–Trinajstić information content (AvgIpc) is 2.44. The number of rotatable bonds is 5. The Hall–Kier alpha value is -1.18. The normalized spacial score (nSPS) is 17.3. The molecule has 1 aromatic rings. The van der Waals surface area contributed by atoms with Crippen LogP contribution in [0.3, 0.4) is 0 Å². The number of halogens is 1. The Morgan fingerprint density at radius 3 is 2.81 bits per heavy atom. The number of nitrogens with one attached hydrogen (secondary N) is 1. The van der Waals surface area contributed by atoms with Crippen molar-refractivity contribution in [1.29, 1.82) is 0 Å². The van der Waals surface area contributed by atoms with Crippen molar-refractivity contribution in [2.24, 2.45) is 16.6 Å². The van der Waals surface area contributed by atoms with Crippen molar-refractivity contribution in [3.05, 3.63) is 24.3 Å². The van der Waals surface area contributed by atoms with E-state index in [1.165, 1.54) is 0 Å². The van der Waals surface area contributed by atoms with Crippen LogP contribution >= 0.6 is 24.0 Å². The molecule has 1 heterocycles. The van der Waals surface area contributed by atoms with Gasteiger partial charge in [-0.05, 0) is 24.5 Å². The van der Waals surface area contributed by atoms with Crippen molar-refractivity contribution in [3.63, 3.8) is 0 Å². The number of fused-ring (bicyclic) bond motifs is 1. The second-order valence-corrected chi connectivity index (χ2v) is 5.33. The van der Waals surface area contributed by atoms with Crippen LogP contribution in [0.4, 0.5) is 0 Å². The molecular formula is C15H24IN3O2. The fourth-order valence-corrected chi connectivity index (χ4v) is 1.90. The van der Waals surface area contributed by atoms with Gasteiger partial charge in [0.2, 0.25) is 0 Å². The quantitative estimate of drug-likeness (QED) is 0.449. The summed E-state index contributed by atoms with van der Waals surface area (Å²) >= 11 is 0. The lowest BCUT2D eigenvalue weighted by Crippen LogP contribution is -2.36. The van der Waals surface area contributed by atoms with Gasteiger partial charge in [-0.25, -0.2) is 4.99 Å². The van der Waals surface area contributed by atoms with E-state index in [-0.39, 0.29) is 30.1 Å². The first-order chi connectivity index (χ1) is 9.65. The smallest absolute Gasteiger partial charge is 0.188 e. The van der Waals surface area contributed by atoms with E-state index in [4.69, 9.17) is 15.2 Å². The molecule has 3 N–H and O–H groups in total. The first-order valence-corrected chi connectivity index (χ1v) is 7.07. The Balaban J connectivity index is 0.00000220. The predicted molar refractivity (Wildman–Crippen MR) is 95.7 cm³/mol. The fraction of sp³-hybridized carbons (Fsp3) is 0.533. The van der Waals surface area contributed by atoms with Crippen molar-refractivity contribution in [3.8, 4) is 11.5 Å². The molecule has 2 rings (SSSR count). The maximum atomic E-state index is 5.81. The van der Waals surface area contributed by atoms with E-state index in [9.17, 15) is 0 Å². The highest BCUT2D eigenvalue weighted by Crippen LogP contribution is 2.30. The molecule has 0 aromatic heterocycles. The van der Waals surface area contributed by atoms with Crippen LogP contribution in [-0.4, -0.2) is 31.8 Å². The molecule has 0 fully saturated rings. The van der Waals surface area contributed by atoms with Crippen LogP contribution in [0.15, 0.2) is 29.3 Å². The summed E-state index contributed by atoms with van der Waals surface area (Å²) in [5, 5.41) is 3.10. The van der Waals surface area contributed by atoms with E-state index in [1.807, 2.05) is 24.3 Å². The maximum Gasteiger partial charge on any atom is 0.188 e. The monoisotopic (exact) mass is 405 g/mol. The van der Waals surface area contributed by atoms with Gasteiger partial charge in [0.1, 0.15) is 6.61 Å². The third-order valence-electron chi connectivity index (χ3n) is 3.06. The molecule has 1 aromatic carbocycles. The van der Waals surface area contributed by atoms with Gasteiger partial charge < -0.3 is 20.5 Å². The topological polar surface area (TPSA) is 68.9 Å². The largest absolute Gasteiger partial charge is 0.486 e.